The molecule has 5 aliphatic heterocycles. The number of likely N-dealkylation sites (N-methyl/N-ethyl adjacent to an activating group) is 1. The molecule has 2 aromatic carbocycles. The number of benzene rings is 2. The number of aromatic nitrogens is 2. The average molecular weight is 692 g/mol. The van der Waals surface area contributed by atoms with E-state index in [2.05, 4.69) is 70.7 Å². The highest BCUT2D eigenvalue weighted by Gasteiger charge is 2.36. The number of piperazine rings is 1. The highest BCUT2D eigenvalue weighted by Crippen LogP contribution is 2.38. The third-order valence-electron chi connectivity index (χ3n) is 11.6. The molecule has 0 spiro atoms. The van der Waals surface area contributed by atoms with Gasteiger partial charge in [0, 0.05) is 56.3 Å². The van der Waals surface area contributed by atoms with Gasteiger partial charge in [-0.15, -0.1) is 0 Å². The molecule has 11 nitrogen and oxygen atoms in total. The quantitative estimate of drug-likeness (QED) is 0.300. The smallest absolute Gasteiger partial charge is 0.318 e. The van der Waals surface area contributed by atoms with Crippen LogP contribution in [0, 0.1) is 11.3 Å². The van der Waals surface area contributed by atoms with Crippen molar-refractivity contribution in [2.24, 2.45) is 0 Å². The molecule has 4 saturated heterocycles. The fraction of sp³-hybridized carbons (Fsp3) is 0.550. The predicted octanol–water partition coefficient (Wildman–Crippen LogP) is 4.70. The summed E-state index contributed by atoms with van der Waals surface area (Å²) in [6.07, 6.45) is 11.7. The van der Waals surface area contributed by atoms with E-state index in [1.807, 2.05) is 11.0 Å². The number of carbonyl (C=O) groups is 1. The number of ether oxygens (including phenoxy) is 3. The van der Waals surface area contributed by atoms with Crippen LogP contribution in [0.25, 0.3) is 10.8 Å². The molecular formula is C40H49N7O4. The monoisotopic (exact) mass is 691 g/mol. The van der Waals surface area contributed by atoms with Crippen LogP contribution in [-0.2, 0) is 27.3 Å². The van der Waals surface area contributed by atoms with E-state index in [4.69, 9.17) is 24.2 Å². The summed E-state index contributed by atoms with van der Waals surface area (Å²) in [7, 11) is 2.14. The van der Waals surface area contributed by atoms with Gasteiger partial charge >= 0.3 is 6.01 Å². The molecule has 1 N–H and O–H groups in total. The van der Waals surface area contributed by atoms with Gasteiger partial charge in [0.1, 0.15) is 12.4 Å². The minimum atomic E-state index is -0.268. The first kappa shape index (κ1) is 34.0. The summed E-state index contributed by atoms with van der Waals surface area (Å²) in [6, 6.07) is 18.0. The lowest BCUT2D eigenvalue weighted by Crippen LogP contribution is -2.55. The minimum Gasteiger partial charge on any atom is -0.462 e. The fourth-order valence-electron chi connectivity index (χ4n) is 8.78. The van der Waals surface area contributed by atoms with Crippen LogP contribution in [0.3, 0.4) is 0 Å². The molecule has 4 fully saturated rings. The van der Waals surface area contributed by atoms with Gasteiger partial charge < -0.3 is 34.2 Å². The van der Waals surface area contributed by atoms with Gasteiger partial charge in [-0.2, -0.15) is 15.2 Å². The minimum absolute atomic E-state index is 0.0561. The Kier molecular flexibility index (Phi) is 10.2. The van der Waals surface area contributed by atoms with Crippen LogP contribution in [0.15, 0.2) is 54.6 Å². The number of nitriles is 1. The maximum Gasteiger partial charge on any atom is 0.318 e. The molecule has 0 saturated carbocycles. The molecule has 0 aliphatic carbocycles. The van der Waals surface area contributed by atoms with Crippen LogP contribution in [0.5, 0.6) is 6.01 Å². The zero-order chi connectivity index (χ0) is 34.7. The van der Waals surface area contributed by atoms with Gasteiger partial charge in [-0.25, -0.2) is 0 Å². The lowest BCUT2D eigenvalue weighted by atomic mass is 9.94. The second-order valence-corrected chi connectivity index (χ2v) is 14.8. The van der Waals surface area contributed by atoms with Crippen molar-refractivity contribution < 1.29 is 19.0 Å². The van der Waals surface area contributed by atoms with Gasteiger partial charge in [-0.05, 0) is 68.5 Å². The van der Waals surface area contributed by atoms with Crippen LogP contribution in [0.1, 0.15) is 67.9 Å². The van der Waals surface area contributed by atoms with Gasteiger partial charge in [-0.1, -0.05) is 48.5 Å². The Bertz CT molecular complexity index is 1780. The number of carbonyl (C=O) groups excluding carboxylic acids is 1. The Balaban J connectivity index is 0.992. The maximum absolute atomic E-state index is 13.5. The topological polar surface area (TPSA) is 116 Å². The molecule has 5 atom stereocenters. The van der Waals surface area contributed by atoms with Crippen LogP contribution in [0.4, 0.5) is 5.82 Å². The molecule has 11 heteroatoms. The van der Waals surface area contributed by atoms with Crippen molar-refractivity contribution in [1.82, 2.24) is 25.1 Å². The Hall–Kier alpha value is -4.08. The molecule has 5 aliphatic rings. The predicted molar refractivity (Wildman–Crippen MR) is 194 cm³/mol. The number of nitrogens with zero attached hydrogens (tertiary/aromatic N) is 6. The third-order valence-corrected chi connectivity index (χ3v) is 11.6. The highest BCUT2D eigenvalue weighted by molar-refractivity contribution is 5.88. The Morgan fingerprint density at radius 3 is 2.73 bits per heavy atom. The number of likely N-dealkylation sites (tertiary alicyclic amines) is 1. The van der Waals surface area contributed by atoms with Gasteiger partial charge in [0.15, 0.2) is 0 Å². The molecule has 6 heterocycles. The second-order valence-electron chi connectivity index (χ2n) is 14.8. The Labute approximate surface area is 300 Å². The standard InChI is InChI=1S/C40H49N7O4/c1-45-18-6-9-30(45)25-50-40-43-36-23-37(34-11-4-8-27-7-2-3-10-33(27)34)49-26-35(36)39(44-40)46-19-20-47(29(24-46)15-16-41)38(48)12-5-17-42-28-21-31-13-14-32(22-28)51-31/h2-5,7-8,10-12,28-32,37,42H,6,9,13-15,17-26H2,1H3/b12-5+/t28?,29-,30-,31?,32?,37?/m0/s1. The van der Waals surface area contributed by atoms with E-state index in [9.17, 15) is 10.1 Å². The van der Waals surface area contributed by atoms with E-state index in [1.54, 1.807) is 6.08 Å². The van der Waals surface area contributed by atoms with Crippen LogP contribution < -0.4 is 15.0 Å². The fourth-order valence-corrected chi connectivity index (χ4v) is 8.78. The summed E-state index contributed by atoms with van der Waals surface area (Å²) in [6.45, 7) is 4.20. The number of fused-ring (bicyclic) bond motifs is 4. The van der Waals surface area contributed by atoms with Crippen LogP contribution >= 0.6 is 0 Å². The largest absolute Gasteiger partial charge is 0.462 e. The van der Waals surface area contributed by atoms with Gasteiger partial charge in [-0.3, -0.25) is 4.79 Å². The highest BCUT2D eigenvalue weighted by atomic mass is 16.5. The maximum atomic E-state index is 13.5. The third kappa shape index (κ3) is 7.47. The van der Waals surface area contributed by atoms with E-state index in [-0.39, 0.29) is 24.5 Å². The van der Waals surface area contributed by atoms with E-state index >= 15 is 0 Å². The van der Waals surface area contributed by atoms with Crippen molar-refractivity contribution in [3.05, 3.63) is 71.4 Å². The summed E-state index contributed by atoms with van der Waals surface area (Å²) in [4.78, 5) is 29.9. The molecule has 2 bridgehead atoms. The first-order valence-corrected chi connectivity index (χ1v) is 18.8. The number of hydrogen-bond donors (Lipinski definition) is 1. The molecule has 268 valence electrons. The number of nitrogens with one attached hydrogen (secondary N) is 1. The van der Waals surface area contributed by atoms with E-state index in [0.29, 0.717) is 76.1 Å². The summed E-state index contributed by atoms with van der Waals surface area (Å²) in [5.41, 5.74) is 3.04. The van der Waals surface area contributed by atoms with Crippen molar-refractivity contribution in [2.75, 3.05) is 51.3 Å². The summed E-state index contributed by atoms with van der Waals surface area (Å²) >= 11 is 0. The molecule has 51 heavy (non-hydrogen) atoms. The number of anilines is 1. The molecule has 1 aromatic heterocycles. The van der Waals surface area contributed by atoms with Gasteiger partial charge in [0.05, 0.1) is 49.1 Å². The number of rotatable bonds is 10. The zero-order valence-corrected chi connectivity index (χ0v) is 29.6. The van der Waals surface area contributed by atoms with Gasteiger partial charge in [0.2, 0.25) is 5.91 Å². The Morgan fingerprint density at radius 1 is 1.06 bits per heavy atom. The van der Waals surface area contributed by atoms with Crippen LogP contribution in [-0.4, -0.2) is 102 Å². The Morgan fingerprint density at radius 2 is 1.90 bits per heavy atom. The van der Waals surface area contributed by atoms with Crippen LogP contribution in [0.2, 0.25) is 0 Å². The lowest BCUT2D eigenvalue weighted by Gasteiger charge is -2.42. The average Bonchev–Trinajstić information content (AvgIpc) is 3.73. The zero-order valence-electron chi connectivity index (χ0n) is 29.6. The summed E-state index contributed by atoms with van der Waals surface area (Å²) in [5, 5.41) is 15.8. The van der Waals surface area contributed by atoms with E-state index < -0.39 is 0 Å². The summed E-state index contributed by atoms with van der Waals surface area (Å²) in [5.74, 6) is 0.728. The number of hydrogen-bond acceptors (Lipinski definition) is 10. The normalized spacial score (nSPS) is 27.9. The van der Waals surface area contributed by atoms with Crippen molar-refractivity contribution in [2.45, 2.75) is 94.4 Å². The van der Waals surface area contributed by atoms with Gasteiger partial charge in [0.25, 0.3) is 0 Å². The number of amides is 1. The molecular weight excluding hydrogens is 642 g/mol. The van der Waals surface area contributed by atoms with Crippen molar-refractivity contribution in [1.29, 1.82) is 5.26 Å². The molecule has 1 amide bonds. The molecule has 3 aromatic rings. The summed E-state index contributed by atoms with van der Waals surface area (Å²) < 4.78 is 18.9. The molecule has 3 unspecified atom stereocenters. The SMILES string of the molecule is CN1CCC[C@H]1COc1nc2c(c(N3CCN(C(=O)/C=C/CNC4CC5CCC(C4)O5)[C@@H](CC#N)C3)n1)COC(c1cccc3ccccc13)C2. The van der Waals surface area contributed by atoms with Crippen molar-refractivity contribution in [3.63, 3.8) is 0 Å². The second kappa shape index (κ2) is 15.3. The molecule has 8 rings (SSSR count). The lowest BCUT2D eigenvalue weighted by molar-refractivity contribution is -0.128. The van der Waals surface area contributed by atoms with Crippen molar-refractivity contribution >= 4 is 22.5 Å². The van der Waals surface area contributed by atoms with E-state index in [1.165, 1.54) is 10.8 Å². The van der Waals surface area contributed by atoms with Crippen molar-refractivity contribution in [3.8, 4) is 12.1 Å². The first-order valence-electron chi connectivity index (χ1n) is 18.8. The van der Waals surface area contributed by atoms with E-state index in [0.717, 1.165) is 67.7 Å². The first-order chi connectivity index (χ1) is 25.0. The molecule has 0 radical (unpaired) electrons.